The van der Waals surface area contributed by atoms with Crippen LogP contribution in [0.15, 0.2) is 67.4 Å². The van der Waals surface area contributed by atoms with E-state index in [2.05, 4.69) is 30.4 Å². The summed E-state index contributed by atoms with van der Waals surface area (Å²) in [6, 6.07) is 13.4. The normalized spacial score (nSPS) is 10.8. The average Bonchev–Trinajstić information content (AvgIpc) is 2.73. The van der Waals surface area contributed by atoms with E-state index < -0.39 is 0 Å². The van der Waals surface area contributed by atoms with Crippen molar-refractivity contribution in [2.24, 2.45) is 0 Å². The van der Waals surface area contributed by atoms with Crippen molar-refractivity contribution in [2.45, 2.75) is 40.7 Å². The predicted molar refractivity (Wildman–Crippen MR) is 120 cm³/mol. The smallest absolute Gasteiger partial charge is 0.340 e. The number of esters is 1. The monoisotopic (exact) mass is 388 g/mol. The average molecular weight is 389 g/mol. The predicted octanol–water partition coefficient (Wildman–Crippen LogP) is 6.30. The molecular formula is C25H28N2O2. The van der Waals surface area contributed by atoms with Gasteiger partial charge in [-0.05, 0) is 54.8 Å². The standard InChI is InChI=1S/C22H20N2O2.C3H8/c1-4-17(5-2)18-9-6-8-16(12-18)14-26-22(25)20-13-19-10-7-11-23-21(19)24-15(20)3;1-3-2/h4-13H,1,14H2,2-3H3;3H2,1-2H3/b17-5+;. The number of ether oxygens (including phenoxy) is 1. The summed E-state index contributed by atoms with van der Waals surface area (Å²) in [7, 11) is 0. The van der Waals surface area contributed by atoms with Crippen molar-refractivity contribution >= 4 is 22.6 Å². The zero-order valence-electron chi connectivity index (χ0n) is 17.6. The molecule has 2 heterocycles. The molecule has 3 aromatic rings. The highest BCUT2D eigenvalue weighted by Crippen LogP contribution is 2.19. The van der Waals surface area contributed by atoms with Crippen LogP contribution in [0.25, 0.3) is 16.6 Å². The lowest BCUT2D eigenvalue weighted by atomic mass is 10.0. The second-order valence-electron chi connectivity index (χ2n) is 6.60. The number of aromatic nitrogens is 2. The molecule has 0 spiro atoms. The van der Waals surface area contributed by atoms with E-state index in [1.54, 1.807) is 19.2 Å². The van der Waals surface area contributed by atoms with Crippen molar-refractivity contribution in [3.8, 4) is 0 Å². The Balaban J connectivity index is 0.000000941. The topological polar surface area (TPSA) is 52.1 Å². The van der Waals surface area contributed by atoms with Gasteiger partial charge in [0, 0.05) is 11.6 Å². The van der Waals surface area contributed by atoms with E-state index in [-0.39, 0.29) is 12.6 Å². The molecular weight excluding hydrogens is 360 g/mol. The molecule has 0 aliphatic heterocycles. The maximum absolute atomic E-state index is 12.5. The lowest BCUT2D eigenvalue weighted by molar-refractivity contribution is 0.0471. The van der Waals surface area contributed by atoms with Crippen molar-refractivity contribution < 1.29 is 9.53 Å². The second kappa shape index (κ2) is 10.9. The van der Waals surface area contributed by atoms with Gasteiger partial charge in [-0.2, -0.15) is 0 Å². The van der Waals surface area contributed by atoms with Crippen LogP contribution < -0.4 is 0 Å². The van der Waals surface area contributed by atoms with Gasteiger partial charge >= 0.3 is 5.97 Å². The quantitative estimate of drug-likeness (QED) is 0.380. The van der Waals surface area contributed by atoms with Gasteiger partial charge in [-0.15, -0.1) is 0 Å². The molecule has 0 aliphatic rings. The van der Waals surface area contributed by atoms with Crippen LogP contribution in [0.3, 0.4) is 0 Å². The van der Waals surface area contributed by atoms with Gasteiger partial charge in [-0.1, -0.05) is 57.2 Å². The van der Waals surface area contributed by atoms with Crippen LogP contribution in [0.5, 0.6) is 0 Å². The molecule has 4 nitrogen and oxygen atoms in total. The summed E-state index contributed by atoms with van der Waals surface area (Å²) in [5.41, 5.74) is 4.70. The Hall–Kier alpha value is -3.27. The summed E-state index contributed by atoms with van der Waals surface area (Å²) >= 11 is 0. The maximum atomic E-state index is 12.5. The van der Waals surface area contributed by atoms with Crippen LogP contribution in [0, 0.1) is 6.92 Å². The number of rotatable bonds is 5. The molecule has 0 amide bonds. The zero-order valence-corrected chi connectivity index (χ0v) is 17.6. The molecule has 4 heteroatoms. The molecule has 0 fully saturated rings. The van der Waals surface area contributed by atoms with E-state index in [1.165, 1.54) is 6.42 Å². The molecule has 29 heavy (non-hydrogen) atoms. The van der Waals surface area contributed by atoms with E-state index in [1.807, 2.05) is 55.5 Å². The molecule has 0 saturated heterocycles. The number of hydrogen-bond donors (Lipinski definition) is 0. The number of carbonyl (C=O) groups is 1. The first-order valence-corrected chi connectivity index (χ1v) is 9.81. The largest absolute Gasteiger partial charge is 0.457 e. The third kappa shape index (κ3) is 5.85. The summed E-state index contributed by atoms with van der Waals surface area (Å²) in [4.78, 5) is 21.1. The number of aryl methyl sites for hydroxylation is 1. The van der Waals surface area contributed by atoms with E-state index in [4.69, 9.17) is 4.74 Å². The first-order valence-electron chi connectivity index (χ1n) is 9.81. The second-order valence-corrected chi connectivity index (χ2v) is 6.60. The van der Waals surface area contributed by atoms with Gasteiger partial charge in [-0.25, -0.2) is 14.8 Å². The van der Waals surface area contributed by atoms with E-state index in [9.17, 15) is 4.79 Å². The van der Waals surface area contributed by atoms with E-state index >= 15 is 0 Å². The minimum absolute atomic E-state index is 0.200. The minimum Gasteiger partial charge on any atom is -0.457 e. The number of pyridine rings is 2. The van der Waals surface area contributed by atoms with Gasteiger partial charge in [-0.3, -0.25) is 0 Å². The fraction of sp³-hybridized carbons (Fsp3) is 0.240. The minimum atomic E-state index is -0.388. The van der Waals surface area contributed by atoms with Gasteiger partial charge in [0.1, 0.15) is 6.61 Å². The molecule has 0 bridgehead atoms. The van der Waals surface area contributed by atoms with Gasteiger partial charge < -0.3 is 4.74 Å². The first-order chi connectivity index (χ1) is 14.0. The maximum Gasteiger partial charge on any atom is 0.340 e. The van der Waals surface area contributed by atoms with E-state index in [0.717, 1.165) is 22.1 Å². The Kier molecular flexibility index (Phi) is 8.28. The lowest BCUT2D eigenvalue weighted by Gasteiger charge is -2.09. The summed E-state index contributed by atoms with van der Waals surface area (Å²) in [6.45, 7) is 12.0. The Labute approximate surface area is 173 Å². The number of allylic oxidation sites excluding steroid dienone is 3. The van der Waals surface area contributed by atoms with Crippen molar-refractivity contribution in [3.63, 3.8) is 0 Å². The van der Waals surface area contributed by atoms with Crippen molar-refractivity contribution in [1.82, 2.24) is 9.97 Å². The number of benzene rings is 1. The highest BCUT2D eigenvalue weighted by atomic mass is 16.5. The van der Waals surface area contributed by atoms with Crippen LogP contribution in [0.4, 0.5) is 0 Å². The van der Waals surface area contributed by atoms with Crippen LogP contribution in [-0.4, -0.2) is 15.9 Å². The summed E-state index contributed by atoms with van der Waals surface area (Å²) in [6.07, 6.45) is 6.74. The van der Waals surface area contributed by atoms with Gasteiger partial charge in [0.05, 0.1) is 11.3 Å². The Morgan fingerprint density at radius 1 is 1.17 bits per heavy atom. The van der Waals surface area contributed by atoms with Crippen LogP contribution in [0.2, 0.25) is 0 Å². The third-order valence-corrected chi connectivity index (χ3v) is 4.16. The highest BCUT2D eigenvalue weighted by molar-refractivity contribution is 5.94. The lowest BCUT2D eigenvalue weighted by Crippen LogP contribution is -2.08. The van der Waals surface area contributed by atoms with Crippen LogP contribution >= 0.6 is 0 Å². The van der Waals surface area contributed by atoms with Gasteiger partial charge in [0.2, 0.25) is 0 Å². The molecule has 150 valence electrons. The molecule has 0 aliphatic carbocycles. The molecule has 0 unspecified atom stereocenters. The van der Waals surface area contributed by atoms with E-state index in [0.29, 0.717) is 16.9 Å². The molecule has 3 rings (SSSR count). The Morgan fingerprint density at radius 3 is 2.62 bits per heavy atom. The van der Waals surface area contributed by atoms with Crippen molar-refractivity contribution in [2.75, 3.05) is 0 Å². The molecule has 2 aromatic heterocycles. The zero-order chi connectivity index (χ0) is 21.2. The molecule has 0 saturated carbocycles. The molecule has 0 radical (unpaired) electrons. The molecule has 0 N–H and O–H groups in total. The Bertz CT molecular complexity index is 1020. The summed E-state index contributed by atoms with van der Waals surface area (Å²) in [5.74, 6) is -0.388. The molecule has 0 atom stereocenters. The summed E-state index contributed by atoms with van der Waals surface area (Å²) < 4.78 is 5.50. The fourth-order valence-electron chi connectivity index (χ4n) is 2.77. The van der Waals surface area contributed by atoms with Gasteiger partial charge in [0.15, 0.2) is 5.65 Å². The van der Waals surface area contributed by atoms with Crippen LogP contribution in [0.1, 0.15) is 54.4 Å². The Morgan fingerprint density at radius 2 is 1.93 bits per heavy atom. The fourth-order valence-corrected chi connectivity index (χ4v) is 2.77. The van der Waals surface area contributed by atoms with Crippen LogP contribution in [-0.2, 0) is 11.3 Å². The number of hydrogen-bond acceptors (Lipinski definition) is 4. The summed E-state index contributed by atoms with van der Waals surface area (Å²) in [5, 5.41) is 0.816. The highest BCUT2D eigenvalue weighted by Gasteiger charge is 2.14. The van der Waals surface area contributed by atoms with Gasteiger partial charge in [0.25, 0.3) is 0 Å². The SMILES string of the molecule is C=C/C(=C\C)c1cccc(COC(=O)c2cc3cccnc3nc2C)c1.CCC. The third-order valence-electron chi connectivity index (χ3n) is 4.16. The number of carbonyl (C=O) groups excluding carboxylic acids is 1. The van der Waals surface area contributed by atoms with Crippen molar-refractivity contribution in [3.05, 3.63) is 89.8 Å². The molecule has 1 aromatic carbocycles. The first kappa shape index (κ1) is 22.0. The van der Waals surface area contributed by atoms with Crippen molar-refractivity contribution in [1.29, 1.82) is 0 Å². The number of fused-ring (bicyclic) bond motifs is 1. The number of nitrogens with zero attached hydrogens (tertiary/aromatic N) is 2.